The van der Waals surface area contributed by atoms with Crippen LogP contribution in [0, 0.1) is 0 Å². The maximum atomic E-state index is 13.0. The van der Waals surface area contributed by atoms with Crippen molar-refractivity contribution in [3.63, 3.8) is 0 Å². The fraction of sp³-hybridized carbons (Fsp3) is 0.368. The number of aliphatic hydroxyl groups is 1. The topological polar surface area (TPSA) is 119 Å². The number of nitrogen functional groups attached to an aromatic ring is 1. The van der Waals surface area contributed by atoms with Crippen LogP contribution >= 0.6 is 0 Å². The van der Waals surface area contributed by atoms with E-state index >= 15 is 0 Å². The standard InChI is InChI=1S/C19H22N6O2/c1-19(4-2-5-19)24-16-15-12(3-6-25(7-8-26)17(15)27)9-14(23-16)13-10-21-18(20)22-11-13/h3,6,9-11,26H,2,4-5,7-8H2,1H3,(H,23,24)(H2,20,21,22). The second-order valence-corrected chi connectivity index (χ2v) is 7.23. The number of hydrogen-bond donors (Lipinski definition) is 3. The highest BCUT2D eigenvalue weighted by atomic mass is 16.3. The van der Waals surface area contributed by atoms with Crippen LogP contribution in [0.1, 0.15) is 26.2 Å². The highest BCUT2D eigenvalue weighted by molar-refractivity contribution is 5.94. The molecule has 0 unspecified atom stereocenters. The Morgan fingerprint density at radius 3 is 2.70 bits per heavy atom. The van der Waals surface area contributed by atoms with Gasteiger partial charge in [0.25, 0.3) is 5.56 Å². The first kappa shape index (κ1) is 17.4. The summed E-state index contributed by atoms with van der Waals surface area (Å²) in [5.41, 5.74) is 6.75. The lowest BCUT2D eigenvalue weighted by Crippen LogP contribution is -2.42. The van der Waals surface area contributed by atoms with Gasteiger partial charge in [0.15, 0.2) is 0 Å². The molecule has 0 aromatic carbocycles. The van der Waals surface area contributed by atoms with Gasteiger partial charge < -0.3 is 20.7 Å². The maximum absolute atomic E-state index is 13.0. The molecule has 8 heteroatoms. The van der Waals surface area contributed by atoms with Crippen LogP contribution in [0.3, 0.4) is 0 Å². The van der Waals surface area contributed by atoms with Crippen LogP contribution in [-0.4, -0.2) is 36.8 Å². The number of nitrogens with zero attached hydrogens (tertiary/aromatic N) is 4. The molecule has 1 saturated carbocycles. The summed E-state index contributed by atoms with van der Waals surface area (Å²) >= 11 is 0. The average Bonchev–Trinajstić information content (AvgIpc) is 2.63. The number of nitrogens with one attached hydrogen (secondary N) is 1. The molecule has 0 bridgehead atoms. The quantitative estimate of drug-likeness (QED) is 0.630. The Labute approximate surface area is 156 Å². The lowest BCUT2D eigenvalue weighted by Gasteiger charge is -2.39. The van der Waals surface area contributed by atoms with Gasteiger partial charge in [-0.1, -0.05) is 0 Å². The molecule has 0 saturated heterocycles. The highest BCUT2D eigenvalue weighted by Gasteiger charge is 2.32. The first-order valence-electron chi connectivity index (χ1n) is 9.00. The lowest BCUT2D eigenvalue weighted by molar-refractivity contribution is 0.274. The van der Waals surface area contributed by atoms with Crippen molar-refractivity contribution in [3.05, 3.63) is 41.1 Å². The molecular weight excluding hydrogens is 344 g/mol. The van der Waals surface area contributed by atoms with E-state index in [0.717, 1.165) is 30.2 Å². The third-order valence-corrected chi connectivity index (χ3v) is 5.14. The van der Waals surface area contributed by atoms with Crippen molar-refractivity contribution >= 4 is 22.5 Å². The van der Waals surface area contributed by atoms with E-state index in [-0.39, 0.29) is 30.2 Å². The molecule has 0 atom stereocenters. The Morgan fingerprint density at radius 2 is 2.07 bits per heavy atom. The van der Waals surface area contributed by atoms with Crippen LogP contribution in [0.15, 0.2) is 35.5 Å². The number of anilines is 2. The summed E-state index contributed by atoms with van der Waals surface area (Å²) in [6.07, 6.45) is 8.16. The smallest absolute Gasteiger partial charge is 0.262 e. The van der Waals surface area contributed by atoms with Crippen LogP contribution in [0.25, 0.3) is 22.0 Å². The van der Waals surface area contributed by atoms with E-state index in [2.05, 4.69) is 22.2 Å². The van der Waals surface area contributed by atoms with Crippen molar-refractivity contribution < 1.29 is 5.11 Å². The van der Waals surface area contributed by atoms with Crippen molar-refractivity contribution in [3.8, 4) is 11.3 Å². The summed E-state index contributed by atoms with van der Waals surface area (Å²) in [4.78, 5) is 25.7. The predicted octanol–water partition coefficient (Wildman–Crippen LogP) is 1.78. The molecule has 140 valence electrons. The molecule has 8 nitrogen and oxygen atoms in total. The molecule has 0 radical (unpaired) electrons. The zero-order valence-corrected chi connectivity index (χ0v) is 15.1. The average molecular weight is 366 g/mol. The number of nitrogens with two attached hydrogens (primary N) is 1. The van der Waals surface area contributed by atoms with E-state index in [1.165, 1.54) is 4.57 Å². The van der Waals surface area contributed by atoms with Gasteiger partial charge in [-0.25, -0.2) is 15.0 Å². The van der Waals surface area contributed by atoms with Crippen LogP contribution in [0.5, 0.6) is 0 Å². The van der Waals surface area contributed by atoms with E-state index in [4.69, 9.17) is 10.7 Å². The fourth-order valence-corrected chi connectivity index (χ4v) is 3.41. The summed E-state index contributed by atoms with van der Waals surface area (Å²) in [6.45, 7) is 2.29. The van der Waals surface area contributed by atoms with E-state index < -0.39 is 0 Å². The van der Waals surface area contributed by atoms with E-state index in [0.29, 0.717) is 16.9 Å². The van der Waals surface area contributed by atoms with Gasteiger partial charge in [0, 0.05) is 36.2 Å². The van der Waals surface area contributed by atoms with Crippen molar-refractivity contribution in [2.24, 2.45) is 0 Å². The predicted molar refractivity (Wildman–Crippen MR) is 104 cm³/mol. The second kappa shape index (κ2) is 6.62. The summed E-state index contributed by atoms with van der Waals surface area (Å²) in [7, 11) is 0. The number of hydrogen-bond acceptors (Lipinski definition) is 7. The van der Waals surface area contributed by atoms with Crippen LogP contribution in [0.4, 0.5) is 11.8 Å². The van der Waals surface area contributed by atoms with E-state index in [1.54, 1.807) is 18.6 Å². The van der Waals surface area contributed by atoms with Crippen LogP contribution in [0.2, 0.25) is 0 Å². The number of aromatic nitrogens is 4. The van der Waals surface area contributed by atoms with Gasteiger partial charge in [0.2, 0.25) is 5.95 Å². The third kappa shape index (κ3) is 3.23. The number of rotatable bonds is 5. The Kier molecular flexibility index (Phi) is 4.27. The largest absolute Gasteiger partial charge is 0.395 e. The molecule has 27 heavy (non-hydrogen) atoms. The normalized spacial score (nSPS) is 15.5. The van der Waals surface area contributed by atoms with E-state index in [9.17, 15) is 9.90 Å². The lowest BCUT2D eigenvalue weighted by atomic mass is 9.78. The molecule has 0 spiro atoms. The number of aliphatic hydroxyl groups excluding tert-OH is 1. The van der Waals surface area contributed by atoms with Gasteiger partial charge >= 0.3 is 0 Å². The van der Waals surface area contributed by atoms with Crippen molar-refractivity contribution in [1.29, 1.82) is 0 Å². The summed E-state index contributed by atoms with van der Waals surface area (Å²) < 4.78 is 1.50. The Balaban J connectivity index is 1.91. The van der Waals surface area contributed by atoms with Gasteiger partial charge in [-0.05, 0) is 43.7 Å². The highest BCUT2D eigenvalue weighted by Crippen LogP contribution is 2.36. The van der Waals surface area contributed by atoms with E-state index in [1.807, 2.05) is 12.1 Å². The second-order valence-electron chi connectivity index (χ2n) is 7.23. The van der Waals surface area contributed by atoms with Crippen LogP contribution in [-0.2, 0) is 6.54 Å². The molecule has 3 heterocycles. The first-order chi connectivity index (χ1) is 13.0. The zero-order valence-electron chi connectivity index (χ0n) is 15.1. The monoisotopic (exact) mass is 366 g/mol. The molecule has 1 aliphatic rings. The molecule has 3 aromatic heterocycles. The van der Waals surface area contributed by atoms with Crippen LogP contribution < -0.4 is 16.6 Å². The first-order valence-corrected chi connectivity index (χ1v) is 9.00. The minimum absolute atomic E-state index is 0.0692. The third-order valence-electron chi connectivity index (χ3n) is 5.14. The van der Waals surface area contributed by atoms with Gasteiger partial charge in [-0.3, -0.25) is 4.79 Å². The summed E-state index contributed by atoms with van der Waals surface area (Å²) in [5.74, 6) is 0.755. The molecule has 0 amide bonds. The molecule has 0 aliphatic heterocycles. The van der Waals surface area contributed by atoms with Gasteiger partial charge in [0.05, 0.1) is 17.7 Å². The molecule has 4 N–H and O–H groups in total. The SMILES string of the molecule is CC1(Nc2nc(-c3cnc(N)nc3)cc3ccn(CCO)c(=O)c23)CCC1. The Hall–Kier alpha value is -3.00. The Bertz CT molecular complexity index is 1040. The molecule has 1 fully saturated rings. The Morgan fingerprint density at radius 1 is 1.33 bits per heavy atom. The molecular formula is C19H22N6O2. The fourth-order valence-electron chi connectivity index (χ4n) is 3.41. The molecule has 3 aromatic rings. The summed E-state index contributed by atoms with van der Waals surface area (Å²) in [6, 6.07) is 3.72. The van der Waals surface area contributed by atoms with Crippen molar-refractivity contribution in [2.75, 3.05) is 17.7 Å². The summed E-state index contributed by atoms with van der Waals surface area (Å²) in [5, 5.41) is 14.0. The molecule has 4 rings (SSSR count). The maximum Gasteiger partial charge on any atom is 0.262 e. The number of fused-ring (bicyclic) bond motifs is 1. The zero-order chi connectivity index (χ0) is 19.0. The van der Waals surface area contributed by atoms with Gasteiger partial charge in [0.1, 0.15) is 5.82 Å². The van der Waals surface area contributed by atoms with Gasteiger partial charge in [-0.15, -0.1) is 0 Å². The minimum Gasteiger partial charge on any atom is -0.395 e. The van der Waals surface area contributed by atoms with Crippen molar-refractivity contribution in [1.82, 2.24) is 19.5 Å². The van der Waals surface area contributed by atoms with Crippen molar-refractivity contribution in [2.45, 2.75) is 38.3 Å². The number of pyridine rings is 2. The molecule has 1 aliphatic carbocycles. The van der Waals surface area contributed by atoms with Gasteiger partial charge in [-0.2, -0.15) is 0 Å². The minimum atomic E-state index is -0.167.